The molecule has 0 atom stereocenters. The van der Waals surface area contributed by atoms with Gasteiger partial charge < -0.3 is 4.74 Å². The molecule has 17 heavy (non-hydrogen) atoms. The Labute approximate surface area is 112 Å². The van der Waals surface area contributed by atoms with E-state index in [1.807, 2.05) is 6.92 Å². The highest BCUT2D eigenvalue weighted by molar-refractivity contribution is 9.10. The molecule has 0 aliphatic rings. The zero-order valence-electron chi connectivity index (χ0n) is 8.88. The van der Waals surface area contributed by atoms with Gasteiger partial charge in [-0.15, -0.1) is 0 Å². The van der Waals surface area contributed by atoms with E-state index in [0.29, 0.717) is 11.6 Å². The maximum absolute atomic E-state index is 12.9. The topological polar surface area (TPSA) is 22.1 Å². The lowest BCUT2D eigenvalue weighted by molar-refractivity contribution is 0.460. The third kappa shape index (κ3) is 2.96. The van der Waals surface area contributed by atoms with Crippen molar-refractivity contribution in [2.75, 3.05) is 0 Å². The Morgan fingerprint density at radius 3 is 2.76 bits per heavy atom. The Morgan fingerprint density at radius 2 is 2.12 bits per heavy atom. The lowest BCUT2D eigenvalue weighted by Crippen LogP contribution is -1.90. The van der Waals surface area contributed by atoms with Crippen LogP contribution in [0.25, 0.3) is 0 Å². The van der Waals surface area contributed by atoms with Crippen molar-refractivity contribution < 1.29 is 9.13 Å². The molecule has 0 aliphatic carbocycles. The maximum atomic E-state index is 12.9. The Balaban J connectivity index is 2.25. The lowest BCUT2D eigenvalue weighted by Gasteiger charge is -2.06. The molecular weight excluding hydrogens is 308 g/mol. The number of aromatic nitrogens is 1. The van der Waals surface area contributed by atoms with Gasteiger partial charge in [0.2, 0.25) is 5.88 Å². The molecule has 5 heteroatoms. The number of hydrogen-bond donors (Lipinski definition) is 0. The van der Waals surface area contributed by atoms with Gasteiger partial charge in [0.25, 0.3) is 0 Å². The molecule has 2 aromatic rings. The number of rotatable bonds is 2. The quantitative estimate of drug-likeness (QED) is 0.798. The summed E-state index contributed by atoms with van der Waals surface area (Å²) < 4.78 is 19.3. The summed E-state index contributed by atoms with van der Waals surface area (Å²) in [4.78, 5) is 4.08. The maximum Gasteiger partial charge on any atom is 0.219 e. The van der Waals surface area contributed by atoms with Crippen LogP contribution >= 0.6 is 27.5 Å². The number of hydrogen-bond acceptors (Lipinski definition) is 2. The SMILES string of the molecule is Cc1cc(Oc2ccc(F)c(Cl)c2)ncc1Br. The van der Waals surface area contributed by atoms with Gasteiger partial charge >= 0.3 is 0 Å². The van der Waals surface area contributed by atoms with Crippen LogP contribution in [0.4, 0.5) is 4.39 Å². The van der Waals surface area contributed by atoms with Crippen LogP contribution in [0.3, 0.4) is 0 Å². The smallest absolute Gasteiger partial charge is 0.219 e. The molecular formula is C12H8BrClFNO. The van der Waals surface area contributed by atoms with Gasteiger partial charge in [0.15, 0.2) is 0 Å². The molecule has 0 amide bonds. The molecule has 1 aromatic carbocycles. The molecule has 0 aliphatic heterocycles. The van der Waals surface area contributed by atoms with Crippen molar-refractivity contribution in [3.63, 3.8) is 0 Å². The Morgan fingerprint density at radius 1 is 1.35 bits per heavy atom. The van der Waals surface area contributed by atoms with E-state index >= 15 is 0 Å². The van der Waals surface area contributed by atoms with Crippen molar-refractivity contribution in [1.29, 1.82) is 0 Å². The van der Waals surface area contributed by atoms with Crippen LogP contribution in [0.5, 0.6) is 11.6 Å². The molecule has 2 rings (SSSR count). The van der Waals surface area contributed by atoms with E-state index in [9.17, 15) is 4.39 Å². The summed E-state index contributed by atoms with van der Waals surface area (Å²) in [5.74, 6) is 0.415. The lowest BCUT2D eigenvalue weighted by atomic mass is 10.3. The minimum Gasteiger partial charge on any atom is -0.439 e. The molecule has 0 fully saturated rings. The first-order valence-electron chi connectivity index (χ1n) is 4.81. The van der Waals surface area contributed by atoms with Crippen LogP contribution in [-0.4, -0.2) is 4.98 Å². The number of nitrogens with zero attached hydrogens (tertiary/aromatic N) is 1. The second-order valence-electron chi connectivity index (χ2n) is 3.45. The van der Waals surface area contributed by atoms with Gasteiger partial charge in [-0.1, -0.05) is 11.6 Å². The Hall–Kier alpha value is -1.13. The van der Waals surface area contributed by atoms with E-state index in [1.54, 1.807) is 12.3 Å². The van der Waals surface area contributed by atoms with E-state index < -0.39 is 5.82 Å². The largest absolute Gasteiger partial charge is 0.439 e. The van der Waals surface area contributed by atoms with Crippen molar-refractivity contribution in [3.8, 4) is 11.6 Å². The molecule has 0 saturated heterocycles. The number of ether oxygens (including phenoxy) is 1. The minimum atomic E-state index is -0.473. The van der Waals surface area contributed by atoms with Crippen LogP contribution in [0.15, 0.2) is 34.9 Å². The van der Waals surface area contributed by atoms with E-state index in [-0.39, 0.29) is 5.02 Å². The molecule has 1 aromatic heterocycles. The van der Waals surface area contributed by atoms with E-state index in [4.69, 9.17) is 16.3 Å². The Kier molecular flexibility index (Phi) is 3.64. The van der Waals surface area contributed by atoms with Crippen molar-refractivity contribution in [2.45, 2.75) is 6.92 Å². The van der Waals surface area contributed by atoms with E-state index in [2.05, 4.69) is 20.9 Å². The van der Waals surface area contributed by atoms with Gasteiger partial charge in [0, 0.05) is 22.8 Å². The first-order valence-corrected chi connectivity index (χ1v) is 5.98. The summed E-state index contributed by atoms with van der Waals surface area (Å²) in [7, 11) is 0. The van der Waals surface area contributed by atoms with Crippen LogP contribution in [-0.2, 0) is 0 Å². The number of pyridine rings is 1. The molecule has 0 saturated carbocycles. The van der Waals surface area contributed by atoms with Gasteiger partial charge in [0.05, 0.1) is 5.02 Å². The average Bonchev–Trinajstić information content (AvgIpc) is 2.29. The molecule has 0 spiro atoms. The van der Waals surface area contributed by atoms with E-state index in [1.165, 1.54) is 18.2 Å². The van der Waals surface area contributed by atoms with Crippen molar-refractivity contribution in [1.82, 2.24) is 4.98 Å². The van der Waals surface area contributed by atoms with Gasteiger partial charge in [-0.25, -0.2) is 9.37 Å². The van der Waals surface area contributed by atoms with Crippen LogP contribution < -0.4 is 4.74 Å². The van der Waals surface area contributed by atoms with Crippen LogP contribution in [0.1, 0.15) is 5.56 Å². The second-order valence-corrected chi connectivity index (χ2v) is 4.71. The monoisotopic (exact) mass is 315 g/mol. The minimum absolute atomic E-state index is 0.0244. The highest BCUT2D eigenvalue weighted by Crippen LogP contribution is 2.26. The van der Waals surface area contributed by atoms with Crippen LogP contribution in [0.2, 0.25) is 5.02 Å². The predicted octanol–water partition coefficient (Wildman–Crippen LogP) is 4.74. The first kappa shape index (κ1) is 12.3. The summed E-state index contributed by atoms with van der Waals surface area (Å²) in [6.45, 7) is 1.93. The molecule has 88 valence electrons. The summed E-state index contributed by atoms with van der Waals surface area (Å²) in [6.07, 6.45) is 1.65. The molecule has 0 radical (unpaired) electrons. The van der Waals surface area contributed by atoms with Crippen LogP contribution in [0, 0.1) is 12.7 Å². The third-order valence-corrected chi connectivity index (χ3v) is 3.26. The van der Waals surface area contributed by atoms with Gasteiger partial charge in [-0.05, 0) is 40.5 Å². The van der Waals surface area contributed by atoms with Crippen molar-refractivity contribution >= 4 is 27.5 Å². The standard InChI is InChI=1S/C12H8BrClFNO/c1-7-4-12(16-6-9(7)13)17-8-2-3-11(15)10(14)5-8/h2-6H,1H3. The fourth-order valence-corrected chi connectivity index (χ4v) is 1.62. The molecule has 1 heterocycles. The first-order chi connectivity index (χ1) is 8.06. The second kappa shape index (κ2) is 5.02. The molecule has 0 bridgehead atoms. The fraction of sp³-hybridized carbons (Fsp3) is 0.0833. The normalized spacial score (nSPS) is 10.4. The third-order valence-electron chi connectivity index (χ3n) is 2.14. The highest BCUT2D eigenvalue weighted by Gasteiger charge is 2.05. The van der Waals surface area contributed by atoms with Gasteiger partial charge in [0.1, 0.15) is 11.6 Å². The highest BCUT2D eigenvalue weighted by atomic mass is 79.9. The number of benzene rings is 1. The van der Waals surface area contributed by atoms with Gasteiger partial charge in [-0.2, -0.15) is 0 Å². The van der Waals surface area contributed by atoms with Crippen molar-refractivity contribution in [2.24, 2.45) is 0 Å². The number of aryl methyl sites for hydroxylation is 1. The van der Waals surface area contributed by atoms with E-state index in [0.717, 1.165) is 10.0 Å². The van der Waals surface area contributed by atoms with Gasteiger partial charge in [-0.3, -0.25) is 0 Å². The summed E-state index contributed by atoms with van der Waals surface area (Å²) in [6, 6.07) is 5.95. The summed E-state index contributed by atoms with van der Waals surface area (Å²) in [5, 5.41) is 0.0244. The molecule has 0 N–H and O–H groups in total. The zero-order chi connectivity index (χ0) is 12.4. The number of halogens is 3. The average molecular weight is 317 g/mol. The summed E-state index contributed by atoms with van der Waals surface area (Å²) >= 11 is 9.00. The van der Waals surface area contributed by atoms with Crippen molar-refractivity contribution in [3.05, 3.63) is 51.3 Å². The fourth-order valence-electron chi connectivity index (χ4n) is 1.23. The molecule has 0 unspecified atom stereocenters. The predicted molar refractivity (Wildman–Crippen MR) is 68.2 cm³/mol. The zero-order valence-corrected chi connectivity index (χ0v) is 11.2. The Bertz CT molecular complexity index is 513. The summed E-state index contributed by atoms with van der Waals surface area (Å²) in [5.41, 5.74) is 1.00. The molecule has 2 nitrogen and oxygen atoms in total.